The van der Waals surface area contributed by atoms with E-state index in [9.17, 15) is 9.59 Å². The summed E-state index contributed by atoms with van der Waals surface area (Å²) in [5, 5.41) is 8.07. The number of furan rings is 1. The maximum atomic E-state index is 12.0. The zero-order valence-corrected chi connectivity index (χ0v) is 15.3. The van der Waals surface area contributed by atoms with E-state index in [1.165, 1.54) is 0 Å². The zero-order valence-electron chi connectivity index (χ0n) is 15.3. The van der Waals surface area contributed by atoms with Crippen LogP contribution in [-0.2, 0) is 9.53 Å². The van der Waals surface area contributed by atoms with Crippen LogP contribution < -0.4 is 16.0 Å². The molecule has 1 unspecified atom stereocenters. The molecule has 7 nitrogen and oxygen atoms in total. The summed E-state index contributed by atoms with van der Waals surface area (Å²) >= 11 is 0. The molecule has 0 aliphatic carbocycles. The molecule has 140 valence electrons. The van der Waals surface area contributed by atoms with Crippen LogP contribution in [-0.4, -0.2) is 32.2 Å². The molecule has 0 spiro atoms. The second-order valence-corrected chi connectivity index (χ2v) is 6.05. The lowest BCUT2D eigenvalue weighted by Crippen LogP contribution is -2.41. The molecule has 2 aromatic rings. The van der Waals surface area contributed by atoms with Crippen molar-refractivity contribution >= 4 is 17.6 Å². The number of hydrogen-bond donors (Lipinski definition) is 3. The number of aryl methyl sites for hydroxylation is 2. The molecule has 0 saturated heterocycles. The number of carbonyl (C=O) groups is 2. The number of amides is 3. The third-order valence-corrected chi connectivity index (χ3v) is 3.89. The predicted molar refractivity (Wildman–Crippen MR) is 99.0 cm³/mol. The van der Waals surface area contributed by atoms with Gasteiger partial charge in [0.05, 0.1) is 18.8 Å². The summed E-state index contributed by atoms with van der Waals surface area (Å²) in [6.07, 6.45) is 2.22. The predicted octanol–water partition coefficient (Wildman–Crippen LogP) is 2.91. The highest BCUT2D eigenvalue weighted by atomic mass is 16.5. The van der Waals surface area contributed by atoms with Gasteiger partial charge in [-0.1, -0.05) is 17.7 Å². The van der Waals surface area contributed by atoms with Crippen molar-refractivity contribution in [2.75, 3.05) is 25.6 Å². The molecule has 2 rings (SSSR count). The molecule has 0 saturated carbocycles. The van der Waals surface area contributed by atoms with Crippen LogP contribution in [0, 0.1) is 13.8 Å². The van der Waals surface area contributed by atoms with Crippen molar-refractivity contribution in [2.45, 2.75) is 26.3 Å². The van der Waals surface area contributed by atoms with E-state index < -0.39 is 11.9 Å². The standard InChI is InChI=1S/C19H25N3O4/c1-13-6-7-15(14(2)11-13)21-19(24)22-18(23)12-20-16(8-10-25-3)17-5-4-9-26-17/h4-7,9,11,16,20H,8,10,12H2,1-3H3,(H2,21,22,23,24). The number of nitrogens with one attached hydrogen (secondary N) is 3. The molecule has 1 heterocycles. The van der Waals surface area contributed by atoms with Gasteiger partial charge < -0.3 is 14.5 Å². The molecule has 1 aromatic heterocycles. The highest BCUT2D eigenvalue weighted by Crippen LogP contribution is 2.17. The first-order valence-electron chi connectivity index (χ1n) is 8.43. The Morgan fingerprint density at radius 1 is 1.23 bits per heavy atom. The maximum absolute atomic E-state index is 12.0. The molecule has 26 heavy (non-hydrogen) atoms. The van der Waals surface area contributed by atoms with Crippen molar-refractivity contribution in [3.8, 4) is 0 Å². The van der Waals surface area contributed by atoms with Crippen LogP contribution in [0.3, 0.4) is 0 Å². The van der Waals surface area contributed by atoms with Crippen LogP contribution in [0.5, 0.6) is 0 Å². The largest absolute Gasteiger partial charge is 0.468 e. The Morgan fingerprint density at radius 2 is 2.04 bits per heavy atom. The fourth-order valence-electron chi connectivity index (χ4n) is 2.56. The van der Waals surface area contributed by atoms with Crippen LogP contribution in [0.2, 0.25) is 0 Å². The Hall–Kier alpha value is -2.64. The van der Waals surface area contributed by atoms with Gasteiger partial charge in [0.25, 0.3) is 0 Å². The number of anilines is 1. The third-order valence-electron chi connectivity index (χ3n) is 3.89. The van der Waals surface area contributed by atoms with E-state index in [-0.39, 0.29) is 12.6 Å². The molecular formula is C19H25N3O4. The highest BCUT2D eigenvalue weighted by molar-refractivity contribution is 6.02. The number of methoxy groups -OCH3 is 1. The van der Waals surface area contributed by atoms with Crippen LogP contribution in [0.25, 0.3) is 0 Å². The molecule has 1 aromatic carbocycles. The van der Waals surface area contributed by atoms with Crippen LogP contribution in [0.15, 0.2) is 41.0 Å². The first-order valence-corrected chi connectivity index (χ1v) is 8.43. The van der Waals surface area contributed by atoms with Crippen molar-refractivity contribution in [3.05, 3.63) is 53.5 Å². The normalized spacial score (nSPS) is 11.8. The Kier molecular flexibility index (Phi) is 7.37. The summed E-state index contributed by atoms with van der Waals surface area (Å²) < 4.78 is 10.5. The lowest BCUT2D eigenvalue weighted by molar-refractivity contribution is -0.119. The van der Waals surface area contributed by atoms with Crippen molar-refractivity contribution in [2.24, 2.45) is 0 Å². The molecule has 0 radical (unpaired) electrons. The van der Waals surface area contributed by atoms with E-state index in [2.05, 4.69) is 16.0 Å². The topological polar surface area (TPSA) is 92.6 Å². The van der Waals surface area contributed by atoms with E-state index >= 15 is 0 Å². The number of rotatable bonds is 8. The highest BCUT2D eigenvalue weighted by Gasteiger charge is 2.16. The lowest BCUT2D eigenvalue weighted by atomic mass is 10.1. The second kappa shape index (κ2) is 9.74. The van der Waals surface area contributed by atoms with Gasteiger partial charge in [0.2, 0.25) is 5.91 Å². The Morgan fingerprint density at radius 3 is 2.69 bits per heavy atom. The molecule has 3 amide bonds. The number of hydrogen-bond acceptors (Lipinski definition) is 5. The minimum Gasteiger partial charge on any atom is -0.468 e. The quantitative estimate of drug-likeness (QED) is 0.674. The van der Waals surface area contributed by atoms with Crippen LogP contribution >= 0.6 is 0 Å². The average molecular weight is 359 g/mol. The fourth-order valence-corrected chi connectivity index (χ4v) is 2.56. The maximum Gasteiger partial charge on any atom is 0.325 e. The van der Waals surface area contributed by atoms with E-state index in [1.807, 2.05) is 38.1 Å². The van der Waals surface area contributed by atoms with Crippen molar-refractivity contribution in [3.63, 3.8) is 0 Å². The molecule has 0 aliphatic rings. The molecule has 3 N–H and O–H groups in total. The summed E-state index contributed by atoms with van der Waals surface area (Å²) in [6, 6.07) is 8.56. The van der Waals surface area contributed by atoms with Crippen LogP contribution in [0.1, 0.15) is 29.3 Å². The zero-order chi connectivity index (χ0) is 18.9. The minimum atomic E-state index is -0.560. The van der Waals surface area contributed by atoms with E-state index in [1.54, 1.807) is 19.4 Å². The summed E-state index contributed by atoms with van der Waals surface area (Å²) in [5.74, 6) is 0.288. The van der Waals surface area contributed by atoms with Gasteiger partial charge in [0.1, 0.15) is 5.76 Å². The minimum absolute atomic E-state index is 0.0185. The SMILES string of the molecule is COCCC(NCC(=O)NC(=O)Nc1ccc(C)cc1C)c1ccco1. The van der Waals surface area contributed by atoms with E-state index in [0.717, 1.165) is 16.9 Å². The summed E-state index contributed by atoms with van der Waals surface area (Å²) in [6.45, 7) is 4.38. The van der Waals surface area contributed by atoms with E-state index in [4.69, 9.17) is 9.15 Å². The third kappa shape index (κ3) is 6.02. The Labute approximate surface area is 153 Å². The van der Waals surface area contributed by atoms with Crippen molar-refractivity contribution in [1.82, 2.24) is 10.6 Å². The molecule has 0 bridgehead atoms. The van der Waals surface area contributed by atoms with E-state index in [0.29, 0.717) is 18.7 Å². The van der Waals surface area contributed by atoms with Gasteiger partial charge in [-0.25, -0.2) is 4.79 Å². The molecular weight excluding hydrogens is 334 g/mol. The number of benzene rings is 1. The van der Waals surface area contributed by atoms with Gasteiger partial charge in [-0.15, -0.1) is 0 Å². The van der Waals surface area contributed by atoms with Gasteiger partial charge in [-0.05, 0) is 44.0 Å². The van der Waals surface area contributed by atoms with Gasteiger partial charge in [-0.3, -0.25) is 15.4 Å². The number of ether oxygens (including phenoxy) is 1. The molecule has 7 heteroatoms. The lowest BCUT2D eigenvalue weighted by Gasteiger charge is -2.16. The summed E-state index contributed by atoms with van der Waals surface area (Å²) in [4.78, 5) is 24.0. The molecule has 1 atom stereocenters. The first kappa shape index (κ1) is 19.7. The summed E-state index contributed by atoms with van der Waals surface area (Å²) in [7, 11) is 1.61. The monoisotopic (exact) mass is 359 g/mol. The van der Waals surface area contributed by atoms with Crippen LogP contribution in [0.4, 0.5) is 10.5 Å². The number of carbonyl (C=O) groups excluding carboxylic acids is 2. The van der Waals surface area contributed by atoms with Crippen molar-refractivity contribution in [1.29, 1.82) is 0 Å². The van der Waals surface area contributed by atoms with Gasteiger partial charge in [-0.2, -0.15) is 0 Å². The first-order chi connectivity index (χ1) is 12.5. The Balaban J connectivity index is 1.83. The summed E-state index contributed by atoms with van der Waals surface area (Å²) in [5.41, 5.74) is 2.71. The van der Waals surface area contributed by atoms with Gasteiger partial charge in [0.15, 0.2) is 0 Å². The molecule has 0 aliphatic heterocycles. The smallest absolute Gasteiger partial charge is 0.325 e. The average Bonchev–Trinajstić information content (AvgIpc) is 3.12. The number of urea groups is 1. The number of imide groups is 1. The Bertz CT molecular complexity index is 728. The van der Waals surface area contributed by atoms with Crippen molar-refractivity contribution < 1.29 is 18.7 Å². The fraction of sp³-hybridized carbons (Fsp3) is 0.368. The van der Waals surface area contributed by atoms with Gasteiger partial charge in [0, 0.05) is 19.4 Å². The molecule has 0 fully saturated rings. The second-order valence-electron chi connectivity index (χ2n) is 6.05. The van der Waals surface area contributed by atoms with Gasteiger partial charge >= 0.3 is 6.03 Å².